The molecule has 0 spiro atoms. The molecule has 0 saturated carbocycles. The highest BCUT2D eigenvalue weighted by molar-refractivity contribution is 9.10. The second-order valence-corrected chi connectivity index (χ2v) is 6.77. The van der Waals surface area contributed by atoms with E-state index in [-0.39, 0.29) is 0 Å². The average Bonchev–Trinajstić information content (AvgIpc) is 2.43. The molecule has 0 amide bonds. The van der Waals surface area contributed by atoms with Crippen LogP contribution in [-0.4, -0.2) is 11.5 Å². The Hall–Kier alpha value is -0.550. The number of nitrogens with zero attached hydrogens (tertiary/aromatic N) is 1. The van der Waals surface area contributed by atoms with Gasteiger partial charge in [-0.05, 0) is 59.2 Å². The lowest BCUT2D eigenvalue weighted by Crippen LogP contribution is -2.17. The molecule has 1 heterocycles. The molecule has 20 heavy (non-hydrogen) atoms. The topological polar surface area (TPSA) is 24.9 Å². The van der Waals surface area contributed by atoms with Gasteiger partial charge in [0.25, 0.3) is 0 Å². The van der Waals surface area contributed by atoms with Gasteiger partial charge in [0.1, 0.15) is 5.03 Å². The van der Waals surface area contributed by atoms with Gasteiger partial charge in [-0.1, -0.05) is 36.4 Å². The molecule has 1 unspecified atom stereocenters. The highest BCUT2D eigenvalue weighted by atomic mass is 79.9. The van der Waals surface area contributed by atoms with Gasteiger partial charge in [0, 0.05) is 21.6 Å². The number of benzene rings is 1. The predicted molar refractivity (Wildman–Crippen MR) is 89.6 cm³/mol. The van der Waals surface area contributed by atoms with E-state index < -0.39 is 0 Å². The first-order valence-corrected chi connectivity index (χ1v) is 8.41. The Balaban J connectivity index is 2.15. The van der Waals surface area contributed by atoms with Crippen molar-refractivity contribution >= 4 is 39.3 Å². The van der Waals surface area contributed by atoms with Gasteiger partial charge < -0.3 is 5.32 Å². The van der Waals surface area contributed by atoms with E-state index in [0.717, 1.165) is 26.0 Å². The molecule has 0 aliphatic rings. The van der Waals surface area contributed by atoms with Crippen molar-refractivity contribution in [3.63, 3.8) is 0 Å². The standard InChI is InChI=1S/C15H16BrClN2S/c1-3-18-10(2)11-4-6-14(13(17)8-11)20-15-7-5-12(16)9-19-15/h4-10,18H,3H2,1-2H3. The van der Waals surface area contributed by atoms with E-state index in [0.29, 0.717) is 6.04 Å². The van der Waals surface area contributed by atoms with Crippen molar-refractivity contribution in [2.24, 2.45) is 0 Å². The van der Waals surface area contributed by atoms with Crippen molar-refractivity contribution < 1.29 is 0 Å². The first-order valence-electron chi connectivity index (χ1n) is 6.42. The molecule has 0 bridgehead atoms. The Kier molecular flexibility index (Phi) is 5.90. The van der Waals surface area contributed by atoms with Crippen molar-refractivity contribution in [2.75, 3.05) is 6.54 Å². The predicted octanol–water partition coefficient (Wildman–Crippen LogP) is 5.32. The van der Waals surface area contributed by atoms with Crippen molar-refractivity contribution in [2.45, 2.75) is 29.8 Å². The highest BCUT2D eigenvalue weighted by Gasteiger charge is 2.09. The lowest BCUT2D eigenvalue weighted by molar-refractivity contribution is 0.598. The molecule has 5 heteroatoms. The maximum Gasteiger partial charge on any atom is 0.101 e. The molecular formula is C15H16BrClN2S. The number of hydrogen-bond acceptors (Lipinski definition) is 3. The van der Waals surface area contributed by atoms with Gasteiger partial charge in [0.2, 0.25) is 0 Å². The lowest BCUT2D eigenvalue weighted by atomic mass is 10.1. The highest BCUT2D eigenvalue weighted by Crippen LogP contribution is 2.34. The number of halogens is 2. The van der Waals surface area contributed by atoms with Gasteiger partial charge in [-0.15, -0.1) is 0 Å². The van der Waals surface area contributed by atoms with Crippen molar-refractivity contribution in [3.05, 3.63) is 51.6 Å². The Morgan fingerprint density at radius 3 is 2.75 bits per heavy atom. The van der Waals surface area contributed by atoms with Crippen LogP contribution in [0.15, 0.2) is 50.9 Å². The third kappa shape index (κ3) is 4.22. The van der Waals surface area contributed by atoms with Crippen LogP contribution in [0, 0.1) is 0 Å². The number of pyridine rings is 1. The van der Waals surface area contributed by atoms with Crippen LogP contribution in [0.4, 0.5) is 0 Å². The Bertz CT molecular complexity index is 575. The third-order valence-electron chi connectivity index (χ3n) is 2.88. The van der Waals surface area contributed by atoms with Crippen LogP contribution in [0.1, 0.15) is 25.5 Å². The Morgan fingerprint density at radius 1 is 1.35 bits per heavy atom. The van der Waals surface area contributed by atoms with E-state index in [4.69, 9.17) is 11.6 Å². The number of hydrogen-bond donors (Lipinski definition) is 1. The van der Waals surface area contributed by atoms with Crippen LogP contribution in [0.5, 0.6) is 0 Å². The molecule has 106 valence electrons. The lowest BCUT2D eigenvalue weighted by Gasteiger charge is -2.14. The summed E-state index contributed by atoms with van der Waals surface area (Å²) in [6.07, 6.45) is 1.79. The van der Waals surface area contributed by atoms with Crippen LogP contribution < -0.4 is 5.32 Å². The average molecular weight is 372 g/mol. The monoisotopic (exact) mass is 370 g/mol. The zero-order valence-corrected chi connectivity index (χ0v) is 14.5. The van der Waals surface area contributed by atoms with Crippen molar-refractivity contribution in [1.82, 2.24) is 10.3 Å². The molecule has 0 saturated heterocycles. The summed E-state index contributed by atoms with van der Waals surface area (Å²) in [5, 5.41) is 5.08. The molecule has 2 rings (SSSR count). The zero-order valence-electron chi connectivity index (χ0n) is 11.4. The molecule has 2 aromatic rings. The Labute approximate surface area is 137 Å². The summed E-state index contributed by atoms with van der Waals surface area (Å²) in [5.41, 5.74) is 1.20. The fourth-order valence-corrected chi connectivity index (χ4v) is 3.13. The summed E-state index contributed by atoms with van der Waals surface area (Å²) in [7, 11) is 0. The first kappa shape index (κ1) is 15.8. The summed E-state index contributed by atoms with van der Waals surface area (Å²) >= 11 is 11.3. The van der Waals surface area contributed by atoms with Crippen molar-refractivity contribution in [3.8, 4) is 0 Å². The second kappa shape index (κ2) is 7.46. The van der Waals surface area contributed by atoms with Gasteiger partial charge in [0.15, 0.2) is 0 Å². The fourth-order valence-electron chi connectivity index (χ4n) is 1.83. The summed E-state index contributed by atoms with van der Waals surface area (Å²) in [6, 6.07) is 10.4. The van der Waals surface area contributed by atoms with E-state index in [2.05, 4.69) is 52.2 Å². The van der Waals surface area contributed by atoms with Crippen LogP contribution in [0.25, 0.3) is 0 Å². The minimum Gasteiger partial charge on any atom is -0.310 e. The number of nitrogens with one attached hydrogen (secondary N) is 1. The van der Waals surface area contributed by atoms with E-state index in [1.54, 1.807) is 18.0 Å². The SMILES string of the molecule is CCNC(C)c1ccc(Sc2ccc(Br)cn2)c(Cl)c1. The Morgan fingerprint density at radius 2 is 2.15 bits per heavy atom. The minimum atomic E-state index is 0.308. The molecule has 0 fully saturated rings. The summed E-state index contributed by atoms with van der Waals surface area (Å²) in [6.45, 7) is 5.18. The van der Waals surface area contributed by atoms with E-state index in [1.807, 2.05) is 18.2 Å². The molecule has 1 atom stereocenters. The first-order chi connectivity index (χ1) is 9.60. The number of rotatable bonds is 5. The van der Waals surface area contributed by atoms with Gasteiger partial charge in [-0.2, -0.15) is 0 Å². The van der Waals surface area contributed by atoms with E-state index in [9.17, 15) is 0 Å². The summed E-state index contributed by atoms with van der Waals surface area (Å²) in [5.74, 6) is 0. The summed E-state index contributed by atoms with van der Waals surface area (Å²) < 4.78 is 0.975. The maximum absolute atomic E-state index is 6.37. The molecule has 1 aromatic carbocycles. The molecule has 0 aliphatic heterocycles. The maximum atomic E-state index is 6.37. The largest absolute Gasteiger partial charge is 0.310 e. The third-order valence-corrected chi connectivity index (χ3v) is 4.80. The van der Waals surface area contributed by atoms with Crippen molar-refractivity contribution in [1.29, 1.82) is 0 Å². The van der Waals surface area contributed by atoms with Gasteiger partial charge >= 0.3 is 0 Å². The van der Waals surface area contributed by atoms with E-state index >= 15 is 0 Å². The summed E-state index contributed by atoms with van der Waals surface area (Å²) in [4.78, 5) is 5.37. The molecule has 2 nitrogen and oxygen atoms in total. The van der Waals surface area contributed by atoms with Crippen LogP contribution in [0.2, 0.25) is 5.02 Å². The van der Waals surface area contributed by atoms with Crippen LogP contribution >= 0.6 is 39.3 Å². The number of aromatic nitrogens is 1. The fraction of sp³-hybridized carbons (Fsp3) is 0.267. The molecule has 1 N–H and O–H groups in total. The van der Waals surface area contributed by atoms with Gasteiger partial charge in [0.05, 0.1) is 5.02 Å². The molecule has 1 aromatic heterocycles. The minimum absolute atomic E-state index is 0.308. The molecular weight excluding hydrogens is 356 g/mol. The van der Waals surface area contributed by atoms with E-state index in [1.165, 1.54) is 5.56 Å². The quantitative estimate of drug-likeness (QED) is 0.770. The van der Waals surface area contributed by atoms with Crippen LogP contribution in [0.3, 0.4) is 0 Å². The zero-order chi connectivity index (χ0) is 14.5. The smallest absolute Gasteiger partial charge is 0.101 e. The second-order valence-electron chi connectivity index (χ2n) is 4.39. The molecule has 0 aliphatic carbocycles. The van der Waals surface area contributed by atoms with Gasteiger partial charge in [-0.25, -0.2) is 4.98 Å². The normalized spacial score (nSPS) is 12.4. The van der Waals surface area contributed by atoms with Gasteiger partial charge in [-0.3, -0.25) is 0 Å². The van der Waals surface area contributed by atoms with Crippen LogP contribution in [-0.2, 0) is 0 Å². The molecule has 0 radical (unpaired) electrons.